The zero-order valence-electron chi connectivity index (χ0n) is 13.7. The standard InChI is InChI=1S/C16H22N2O4/c1-10-8-9-18(15(20)22-16(2,3)4)12-7-6-11(14(19)21-5)17-13(10)12/h6-7,10H,8-9H2,1-5H3. The van der Waals surface area contributed by atoms with E-state index < -0.39 is 17.7 Å². The van der Waals surface area contributed by atoms with Crippen LogP contribution in [-0.4, -0.2) is 36.3 Å². The van der Waals surface area contributed by atoms with Crippen LogP contribution in [0.3, 0.4) is 0 Å². The second-order valence-corrected chi connectivity index (χ2v) is 6.41. The Kier molecular flexibility index (Phi) is 4.39. The summed E-state index contributed by atoms with van der Waals surface area (Å²) in [5, 5.41) is 0. The van der Waals surface area contributed by atoms with Crippen molar-refractivity contribution >= 4 is 17.7 Å². The minimum absolute atomic E-state index is 0.165. The lowest BCUT2D eigenvalue weighted by atomic mass is 9.96. The van der Waals surface area contributed by atoms with E-state index in [4.69, 9.17) is 9.47 Å². The molecule has 1 aliphatic rings. The first-order valence-electron chi connectivity index (χ1n) is 7.32. The fourth-order valence-corrected chi connectivity index (χ4v) is 2.36. The number of fused-ring (bicyclic) bond motifs is 1. The molecule has 0 aliphatic carbocycles. The second kappa shape index (κ2) is 5.94. The van der Waals surface area contributed by atoms with Gasteiger partial charge in [-0.05, 0) is 39.3 Å². The normalized spacial score (nSPS) is 17.7. The van der Waals surface area contributed by atoms with Crippen LogP contribution >= 0.6 is 0 Å². The fourth-order valence-electron chi connectivity index (χ4n) is 2.36. The van der Waals surface area contributed by atoms with Crippen molar-refractivity contribution in [2.75, 3.05) is 18.6 Å². The summed E-state index contributed by atoms with van der Waals surface area (Å²) in [6.45, 7) is 8.09. The predicted octanol–water partition coefficient (Wildman–Crippen LogP) is 3.12. The summed E-state index contributed by atoms with van der Waals surface area (Å²) in [6.07, 6.45) is 0.373. The summed E-state index contributed by atoms with van der Waals surface area (Å²) in [5.74, 6) is -0.317. The van der Waals surface area contributed by atoms with Gasteiger partial charge in [0, 0.05) is 12.5 Å². The quantitative estimate of drug-likeness (QED) is 0.746. The van der Waals surface area contributed by atoms with Crippen LogP contribution in [0.1, 0.15) is 56.2 Å². The van der Waals surface area contributed by atoms with Crippen molar-refractivity contribution < 1.29 is 19.1 Å². The van der Waals surface area contributed by atoms with Crippen molar-refractivity contribution in [2.24, 2.45) is 0 Å². The molecule has 22 heavy (non-hydrogen) atoms. The fraction of sp³-hybridized carbons (Fsp3) is 0.562. The molecule has 1 aromatic rings. The number of amides is 1. The third-order valence-corrected chi connectivity index (χ3v) is 3.45. The van der Waals surface area contributed by atoms with Crippen LogP contribution in [0, 0.1) is 0 Å². The summed E-state index contributed by atoms with van der Waals surface area (Å²) >= 11 is 0. The van der Waals surface area contributed by atoms with E-state index in [1.807, 2.05) is 27.7 Å². The Hall–Kier alpha value is -2.11. The summed E-state index contributed by atoms with van der Waals surface area (Å²) in [4.78, 5) is 29.9. The van der Waals surface area contributed by atoms with Crippen molar-refractivity contribution in [2.45, 2.75) is 45.6 Å². The topological polar surface area (TPSA) is 68.7 Å². The molecule has 0 N–H and O–H groups in total. The van der Waals surface area contributed by atoms with Gasteiger partial charge in [0.25, 0.3) is 0 Å². The van der Waals surface area contributed by atoms with Crippen LogP contribution in [0.5, 0.6) is 0 Å². The van der Waals surface area contributed by atoms with Crippen LogP contribution in [0.25, 0.3) is 0 Å². The van der Waals surface area contributed by atoms with Crippen molar-refractivity contribution in [3.8, 4) is 0 Å². The summed E-state index contributed by atoms with van der Waals surface area (Å²) in [7, 11) is 1.32. The average Bonchev–Trinajstić information content (AvgIpc) is 2.44. The third-order valence-electron chi connectivity index (χ3n) is 3.45. The van der Waals surface area contributed by atoms with Gasteiger partial charge < -0.3 is 9.47 Å². The van der Waals surface area contributed by atoms with Gasteiger partial charge >= 0.3 is 12.1 Å². The smallest absolute Gasteiger partial charge is 0.414 e. The number of nitrogens with zero attached hydrogens (tertiary/aromatic N) is 2. The van der Waals surface area contributed by atoms with E-state index in [2.05, 4.69) is 4.98 Å². The monoisotopic (exact) mass is 306 g/mol. The Morgan fingerprint density at radius 1 is 1.32 bits per heavy atom. The van der Waals surface area contributed by atoms with E-state index in [9.17, 15) is 9.59 Å². The SMILES string of the molecule is COC(=O)c1ccc2c(n1)C(C)CCN2C(=O)OC(C)(C)C. The van der Waals surface area contributed by atoms with Crippen molar-refractivity contribution in [3.05, 3.63) is 23.5 Å². The van der Waals surface area contributed by atoms with E-state index in [0.29, 0.717) is 12.2 Å². The number of anilines is 1. The number of ether oxygens (including phenoxy) is 2. The second-order valence-electron chi connectivity index (χ2n) is 6.41. The molecule has 0 fully saturated rings. The van der Waals surface area contributed by atoms with Crippen LogP contribution in [-0.2, 0) is 9.47 Å². The molecular weight excluding hydrogens is 284 g/mol. The molecule has 2 heterocycles. The van der Waals surface area contributed by atoms with E-state index in [1.54, 1.807) is 17.0 Å². The number of hydrogen-bond acceptors (Lipinski definition) is 5. The van der Waals surface area contributed by atoms with Gasteiger partial charge in [-0.1, -0.05) is 6.92 Å². The van der Waals surface area contributed by atoms with Gasteiger partial charge in [-0.25, -0.2) is 14.6 Å². The lowest BCUT2D eigenvalue weighted by Crippen LogP contribution is -2.40. The molecular formula is C16H22N2O4. The summed E-state index contributed by atoms with van der Waals surface area (Å²) < 4.78 is 10.1. The summed E-state index contributed by atoms with van der Waals surface area (Å²) in [5.41, 5.74) is 1.11. The van der Waals surface area contributed by atoms with E-state index in [1.165, 1.54) is 7.11 Å². The third kappa shape index (κ3) is 3.37. The van der Waals surface area contributed by atoms with Gasteiger partial charge in [-0.2, -0.15) is 0 Å². The minimum atomic E-state index is -0.556. The van der Waals surface area contributed by atoms with Gasteiger partial charge in [0.15, 0.2) is 0 Å². The average molecular weight is 306 g/mol. The predicted molar refractivity (Wildman–Crippen MR) is 82.2 cm³/mol. The number of rotatable bonds is 1. The number of aromatic nitrogens is 1. The number of esters is 1. The summed E-state index contributed by atoms with van der Waals surface area (Å²) in [6, 6.07) is 3.30. The minimum Gasteiger partial charge on any atom is -0.464 e. The number of carbonyl (C=O) groups excluding carboxylic acids is 2. The number of methoxy groups -OCH3 is 1. The van der Waals surface area contributed by atoms with Gasteiger partial charge in [-0.3, -0.25) is 4.90 Å². The molecule has 6 nitrogen and oxygen atoms in total. The molecule has 1 atom stereocenters. The Balaban J connectivity index is 2.35. The molecule has 0 radical (unpaired) electrons. The van der Waals surface area contributed by atoms with Gasteiger partial charge in [0.2, 0.25) is 0 Å². The number of hydrogen-bond donors (Lipinski definition) is 0. The Labute approximate surface area is 130 Å². The molecule has 1 amide bonds. The maximum Gasteiger partial charge on any atom is 0.414 e. The molecule has 0 aromatic carbocycles. The van der Waals surface area contributed by atoms with Crippen LogP contribution in [0.2, 0.25) is 0 Å². The van der Waals surface area contributed by atoms with Gasteiger partial charge in [0.05, 0.1) is 18.5 Å². The Morgan fingerprint density at radius 2 is 2.00 bits per heavy atom. The molecule has 6 heteroatoms. The Bertz CT molecular complexity index is 592. The highest BCUT2D eigenvalue weighted by Crippen LogP contribution is 2.34. The molecule has 1 unspecified atom stereocenters. The van der Waals surface area contributed by atoms with Crippen LogP contribution < -0.4 is 4.90 Å². The van der Waals surface area contributed by atoms with E-state index in [0.717, 1.165) is 12.1 Å². The van der Waals surface area contributed by atoms with Gasteiger partial charge in [-0.15, -0.1) is 0 Å². The maximum absolute atomic E-state index is 12.3. The molecule has 0 saturated heterocycles. The van der Waals surface area contributed by atoms with Crippen LogP contribution in [0.15, 0.2) is 12.1 Å². The largest absolute Gasteiger partial charge is 0.464 e. The van der Waals surface area contributed by atoms with E-state index in [-0.39, 0.29) is 11.6 Å². The highest BCUT2D eigenvalue weighted by atomic mass is 16.6. The molecule has 2 rings (SSSR count). The van der Waals surface area contributed by atoms with Crippen LogP contribution in [0.4, 0.5) is 10.5 Å². The highest BCUT2D eigenvalue weighted by molar-refractivity contribution is 5.91. The Morgan fingerprint density at radius 3 is 2.59 bits per heavy atom. The molecule has 1 aromatic heterocycles. The van der Waals surface area contributed by atoms with Gasteiger partial charge in [0.1, 0.15) is 11.3 Å². The van der Waals surface area contributed by atoms with Crippen molar-refractivity contribution in [3.63, 3.8) is 0 Å². The zero-order chi connectivity index (χ0) is 16.5. The first kappa shape index (κ1) is 16.3. The molecule has 1 aliphatic heterocycles. The lowest BCUT2D eigenvalue weighted by Gasteiger charge is -2.33. The molecule has 120 valence electrons. The molecule has 0 bridgehead atoms. The van der Waals surface area contributed by atoms with Crippen molar-refractivity contribution in [1.29, 1.82) is 0 Å². The lowest BCUT2D eigenvalue weighted by molar-refractivity contribution is 0.0575. The zero-order valence-corrected chi connectivity index (χ0v) is 13.7. The highest BCUT2D eigenvalue weighted by Gasteiger charge is 2.31. The molecule has 0 saturated carbocycles. The molecule has 0 spiro atoms. The number of pyridine rings is 1. The number of carbonyl (C=O) groups is 2. The van der Waals surface area contributed by atoms with E-state index >= 15 is 0 Å². The first-order valence-corrected chi connectivity index (χ1v) is 7.32. The first-order chi connectivity index (χ1) is 10.2. The maximum atomic E-state index is 12.3. The van der Waals surface area contributed by atoms with Crippen molar-refractivity contribution in [1.82, 2.24) is 4.98 Å².